The summed E-state index contributed by atoms with van der Waals surface area (Å²) in [5.74, 6) is 2.08. The van der Waals surface area contributed by atoms with Gasteiger partial charge in [-0.3, -0.25) is 0 Å². The Morgan fingerprint density at radius 3 is 1.27 bits per heavy atom. The molecule has 0 N–H and O–H groups in total. The van der Waals surface area contributed by atoms with Gasteiger partial charge in [-0.25, -0.2) is 0 Å². The predicted molar refractivity (Wildman–Crippen MR) is 54.8 cm³/mol. The fraction of sp³-hybridized carbons (Fsp3) is 0.818. The van der Waals surface area contributed by atoms with Gasteiger partial charge < -0.3 is 0 Å². The van der Waals surface area contributed by atoms with Crippen LogP contribution in [0.25, 0.3) is 0 Å². The summed E-state index contributed by atoms with van der Waals surface area (Å²) in [7, 11) is 0. The molecule has 11 heavy (non-hydrogen) atoms. The average molecular weight is 156 g/mol. The van der Waals surface area contributed by atoms with Crippen molar-refractivity contribution in [2.45, 2.75) is 47.5 Å². The summed E-state index contributed by atoms with van der Waals surface area (Å²) in [6, 6.07) is 0. The van der Waals surface area contributed by atoms with Gasteiger partial charge in [0, 0.05) is 0 Å². The Kier molecular flexibility index (Phi) is 11.8. The Morgan fingerprint density at radius 2 is 1.27 bits per heavy atom. The lowest BCUT2D eigenvalue weighted by atomic mass is 9.78. The van der Waals surface area contributed by atoms with Gasteiger partial charge in [-0.15, -0.1) is 6.58 Å². The van der Waals surface area contributed by atoms with Crippen molar-refractivity contribution in [1.82, 2.24) is 0 Å². The van der Waals surface area contributed by atoms with E-state index in [4.69, 9.17) is 0 Å². The first kappa shape index (κ1) is 13.3. The smallest absolute Gasteiger partial charge is 0.0438 e. The van der Waals surface area contributed by atoms with Crippen molar-refractivity contribution >= 4 is 0 Å². The zero-order valence-corrected chi connectivity index (χ0v) is 8.85. The molecule has 1 rings (SSSR count). The van der Waals surface area contributed by atoms with Crippen LogP contribution in [-0.4, -0.2) is 0 Å². The first-order chi connectivity index (χ1) is 5.20. The summed E-state index contributed by atoms with van der Waals surface area (Å²) in [5, 5.41) is 0. The first-order valence-electron chi connectivity index (χ1n) is 4.77. The van der Waals surface area contributed by atoms with Gasteiger partial charge in [0.15, 0.2) is 0 Å². The second-order valence-corrected chi connectivity index (χ2v) is 3.09. The van der Waals surface area contributed by atoms with E-state index in [0.717, 1.165) is 11.8 Å². The minimum Gasteiger partial charge on any atom is -0.103 e. The molecular formula is C11H24. The lowest BCUT2D eigenvalue weighted by molar-refractivity contribution is 0.233. The van der Waals surface area contributed by atoms with Gasteiger partial charge >= 0.3 is 0 Å². The Morgan fingerprint density at radius 1 is 1.09 bits per heavy atom. The van der Waals surface area contributed by atoms with Gasteiger partial charge in [0.25, 0.3) is 0 Å². The highest BCUT2D eigenvalue weighted by Gasteiger charge is 2.19. The summed E-state index contributed by atoms with van der Waals surface area (Å²) in [5.41, 5.74) is 0. The van der Waals surface area contributed by atoms with Gasteiger partial charge in [0.2, 0.25) is 0 Å². The first-order valence-corrected chi connectivity index (χ1v) is 4.77. The monoisotopic (exact) mass is 156 g/mol. The van der Waals surface area contributed by atoms with Crippen LogP contribution in [0, 0.1) is 11.8 Å². The molecule has 0 spiro atoms. The third-order valence-corrected chi connectivity index (χ3v) is 1.61. The van der Waals surface area contributed by atoms with Gasteiger partial charge in [0.1, 0.15) is 0 Å². The van der Waals surface area contributed by atoms with Crippen LogP contribution < -0.4 is 0 Å². The van der Waals surface area contributed by atoms with E-state index in [2.05, 4.69) is 20.4 Å². The fourth-order valence-corrected chi connectivity index (χ4v) is 1.30. The maximum absolute atomic E-state index is 3.36. The molecule has 1 saturated carbocycles. The average Bonchev–Trinajstić information content (AvgIpc) is 1.92. The van der Waals surface area contributed by atoms with Crippen LogP contribution in [-0.2, 0) is 0 Å². The molecule has 0 unspecified atom stereocenters. The highest BCUT2D eigenvalue weighted by atomic mass is 14.2. The van der Waals surface area contributed by atoms with Crippen LogP contribution in [0.2, 0.25) is 0 Å². The molecular weight excluding hydrogens is 132 g/mol. The van der Waals surface area contributed by atoms with E-state index in [0.29, 0.717) is 0 Å². The SMILES string of the molecule is C=CC.CC.CC1CC(C)C1. The minimum atomic E-state index is 1.04. The van der Waals surface area contributed by atoms with Crippen LogP contribution in [0.15, 0.2) is 12.7 Å². The summed E-state index contributed by atoms with van der Waals surface area (Å²) in [6.45, 7) is 13.9. The van der Waals surface area contributed by atoms with E-state index in [1.54, 1.807) is 6.08 Å². The van der Waals surface area contributed by atoms with Crippen molar-refractivity contribution < 1.29 is 0 Å². The number of hydrogen-bond donors (Lipinski definition) is 0. The van der Waals surface area contributed by atoms with Gasteiger partial charge in [0.05, 0.1) is 0 Å². The summed E-state index contributed by atoms with van der Waals surface area (Å²) >= 11 is 0. The molecule has 0 radical (unpaired) electrons. The zero-order chi connectivity index (χ0) is 9.28. The quantitative estimate of drug-likeness (QED) is 0.459. The van der Waals surface area contributed by atoms with Crippen LogP contribution in [0.4, 0.5) is 0 Å². The van der Waals surface area contributed by atoms with E-state index in [1.807, 2.05) is 20.8 Å². The molecule has 1 fully saturated rings. The molecule has 0 bridgehead atoms. The Bertz CT molecular complexity index is 62.1. The Labute approximate surface area is 72.7 Å². The molecule has 0 nitrogen and oxygen atoms in total. The highest BCUT2D eigenvalue weighted by molar-refractivity contribution is 4.71. The van der Waals surface area contributed by atoms with Crippen molar-refractivity contribution in [2.75, 3.05) is 0 Å². The third-order valence-electron chi connectivity index (χ3n) is 1.61. The highest BCUT2D eigenvalue weighted by Crippen LogP contribution is 2.31. The number of hydrogen-bond acceptors (Lipinski definition) is 0. The Hall–Kier alpha value is -0.260. The van der Waals surface area contributed by atoms with Crippen molar-refractivity contribution in [3.8, 4) is 0 Å². The number of allylic oxidation sites excluding steroid dienone is 1. The lowest BCUT2D eigenvalue weighted by Gasteiger charge is -2.28. The summed E-state index contributed by atoms with van der Waals surface area (Å²) in [4.78, 5) is 0. The minimum absolute atomic E-state index is 1.04. The lowest BCUT2D eigenvalue weighted by Crippen LogP contribution is -2.16. The third kappa shape index (κ3) is 9.74. The Balaban J connectivity index is 0. The maximum atomic E-state index is 3.36. The van der Waals surface area contributed by atoms with E-state index in [1.165, 1.54) is 12.8 Å². The molecule has 1 aliphatic carbocycles. The van der Waals surface area contributed by atoms with E-state index >= 15 is 0 Å². The second-order valence-electron chi connectivity index (χ2n) is 3.09. The van der Waals surface area contributed by atoms with Crippen molar-refractivity contribution in [3.05, 3.63) is 12.7 Å². The molecule has 0 aromatic rings. The van der Waals surface area contributed by atoms with Crippen LogP contribution >= 0.6 is 0 Å². The predicted octanol–water partition coefficient (Wildman–Crippen LogP) is 4.27. The molecule has 0 saturated heterocycles. The standard InChI is InChI=1S/C6H12.C3H6.C2H6/c1-5-3-6(2)4-5;1-3-2;1-2/h5-6H,3-4H2,1-2H3;3H,1H2,2H3;1-2H3. The molecule has 0 heterocycles. The molecule has 68 valence electrons. The molecule has 0 amide bonds. The normalized spacial score (nSPS) is 26.3. The van der Waals surface area contributed by atoms with Crippen molar-refractivity contribution in [2.24, 2.45) is 11.8 Å². The van der Waals surface area contributed by atoms with Gasteiger partial charge in [-0.05, 0) is 31.6 Å². The van der Waals surface area contributed by atoms with Crippen LogP contribution in [0.3, 0.4) is 0 Å². The molecule has 0 heteroatoms. The summed E-state index contributed by atoms with van der Waals surface area (Å²) < 4.78 is 0. The summed E-state index contributed by atoms with van der Waals surface area (Å²) in [6.07, 6.45) is 4.69. The van der Waals surface area contributed by atoms with Gasteiger partial charge in [-0.2, -0.15) is 0 Å². The van der Waals surface area contributed by atoms with E-state index < -0.39 is 0 Å². The molecule has 0 aliphatic heterocycles. The molecule has 0 aromatic carbocycles. The van der Waals surface area contributed by atoms with Crippen LogP contribution in [0.5, 0.6) is 0 Å². The zero-order valence-electron chi connectivity index (χ0n) is 8.85. The maximum Gasteiger partial charge on any atom is -0.0438 e. The number of rotatable bonds is 0. The van der Waals surface area contributed by atoms with E-state index in [-0.39, 0.29) is 0 Å². The van der Waals surface area contributed by atoms with Crippen molar-refractivity contribution in [1.29, 1.82) is 0 Å². The van der Waals surface area contributed by atoms with Crippen LogP contribution in [0.1, 0.15) is 47.5 Å². The topological polar surface area (TPSA) is 0 Å². The molecule has 0 aromatic heterocycles. The largest absolute Gasteiger partial charge is 0.103 e. The van der Waals surface area contributed by atoms with Gasteiger partial charge in [-0.1, -0.05) is 33.8 Å². The second kappa shape index (κ2) is 9.74. The molecule has 0 atom stereocenters. The van der Waals surface area contributed by atoms with E-state index in [9.17, 15) is 0 Å². The van der Waals surface area contributed by atoms with Crippen molar-refractivity contribution in [3.63, 3.8) is 0 Å². The molecule has 1 aliphatic rings. The fourth-order valence-electron chi connectivity index (χ4n) is 1.30.